The molecule has 0 aromatic carbocycles. The van der Waals surface area contributed by atoms with E-state index in [1.807, 2.05) is 0 Å². The minimum atomic E-state index is -1.98. The Morgan fingerprint density at radius 2 is 0.390 bits per heavy atom. The predicted molar refractivity (Wildman–Crippen MR) is 195 cm³/mol. The van der Waals surface area contributed by atoms with Crippen molar-refractivity contribution in [1.82, 2.24) is 0 Å². The van der Waals surface area contributed by atoms with Crippen molar-refractivity contribution in [1.29, 1.82) is 0 Å². The highest BCUT2D eigenvalue weighted by Crippen LogP contribution is 2.31. The minimum absolute atomic E-state index is 1.12. The largest absolute Gasteiger partial charge is 0.251 e. The van der Waals surface area contributed by atoms with Crippen molar-refractivity contribution in [2.24, 2.45) is 0 Å². The van der Waals surface area contributed by atoms with Crippen LogP contribution in [0.2, 0.25) is 12.1 Å². The Morgan fingerprint density at radius 3 is 0.561 bits per heavy atom. The molecular weight excluding hydrogens is 555 g/mol. The Bertz CT molecular complexity index is 427. The van der Waals surface area contributed by atoms with Crippen LogP contribution in [0, 0.1) is 0 Å². The van der Waals surface area contributed by atoms with Gasteiger partial charge in [-0.05, 0) is 12.1 Å². The summed E-state index contributed by atoms with van der Waals surface area (Å²) >= 11 is 13.6. The highest BCUT2D eigenvalue weighted by Gasteiger charge is 2.26. The van der Waals surface area contributed by atoms with Crippen LogP contribution in [-0.4, -0.2) is 6.69 Å². The zero-order valence-corrected chi connectivity index (χ0v) is 31.2. The third kappa shape index (κ3) is 36.9. The SMILES string of the molecule is CCCCCCCCCCCCCCCCCCC[Si](Cl)(Cl)CCCCCCCCCCCCCCCCCCC. The van der Waals surface area contributed by atoms with Crippen LogP contribution in [0.1, 0.15) is 232 Å². The predicted octanol–water partition coefficient (Wildman–Crippen LogP) is 16.2. The quantitative estimate of drug-likeness (QED) is 0.0366. The first-order valence-electron chi connectivity index (χ1n) is 19.5. The zero-order valence-electron chi connectivity index (χ0n) is 28.7. The van der Waals surface area contributed by atoms with E-state index in [-0.39, 0.29) is 0 Å². The molecule has 0 spiro atoms. The third-order valence-corrected chi connectivity index (χ3v) is 13.7. The summed E-state index contributed by atoms with van der Waals surface area (Å²) in [6.45, 7) is 2.63. The Kier molecular flexibility index (Phi) is 36.0. The monoisotopic (exact) mass is 633 g/mol. The topological polar surface area (TPSA) is 0 Å². The molecule has 0 aromatic heterocycles. The van der Waals surface area contributed by atoms with Crippen LogP contribution in [0.3, 0.4) is 0 Å². The first kappa shape index (κ1) is 41.8. The van der Waals surface area contributed by atoms with E-state index in [0.29, 0.717) is 0 Å². The maximum Gasteiger partial charge on any atom is 0.251 e. The molecule has 248 valence electrons. The Labute approximate surface area is 272 Å². The second-order valence-corrected chi connectivity index (χ2v) is 21.3. The van der Waals surface area contributed by atoms with Crippen LogP contribution in [0.5, 0.6) is 0 Å². The average molecular weight is 634 g/mol. The van der Waals surface area contributed by atoms with Gasteiger partial charge in [-0.25, -0.2) is 0 Å². The van der Waals surface area contributed by atoms with Crippen molar-refractivity contribution in [2.75, 3.05) is 0 Å². The van der Waals surface area contributed by atoms with E-state index >= 15 is 0 Å². The first-order valence-corrected chi connectivity index (χ1v) is 23.9. The van der Waals surface area contributed by atoms with E-state index in [2.05, 4.69) is 13.8 Å². The van der Waals surface area contributed by atoms with Crippen LogP contribution in [0.25, 0.3) is 0 Å². The van der Waals surface area contributed by atoms with Gasteiger partial charge in [-0.1, -0.05) is 232 Å². The van der Waals surface area contributed by atoms with Crippen molar-refractivity contribution in [3.63, 3.8) is 0 Å². The summed E-state index contributed by atoms with van der Waals surface area (Å²) in [5, 5.41) is 0. The summed E-state index contributed by atoms with van der Waals surface area (Å²) in [7, 11) is 0. The maximum atomic E-state index is 6.78. The number of hydrogen-bond donors (Lipinski definition) is 0. The van der Waals surface area contributed by atoms with Crippen molar-refractivity contribution in [2.45, 2.75) is 244 Å². The molecule has 0 amide bonds. The van der Waals surface area contributed by atoms with Crippen molar-refractivity contribution in [3.8, 4) is 0 Å². The van der Waals surface area contributed by atoms with Gasteiger partial charge < -0.3 is 0 Å². The summed E-state index contributed by atoms with van der Waals surface area (Å²) in [5.74, 6) is 0. The molecule has 0 fully saturated rings. The zero-order chi connectivity index (χ0) is 30.0. The molecule has 0 rings (SSSR count). The minimum Gasteiger partial charge on any atom is -0.146 e. The van der Waals surface area contributed by atoms with Crippen LogP contribution in [0.15, 0.2) is 0 Å². The van der Waals surface area contributed by atoms with E-state index < -0.39 is 6.69 Å². The Morgan fingerprint density at radius 1 is 0.244 bits per heavy atom. The molecule has 0 radical (unpaired) electrons. The van der Waals surface area contributed by atoms with E-state index in [0.717, 1.165) is 12.1 Å². The molecule has 0 heterocycles. The highest BCUT2D eigenvalue weighted by atomic mass is 35.7. The van der Waals surface area contributed by atoms with Gasteiger partial charge in [0.2, 0.25) is 0 Å². The lowest BCUT2D eigenvalue weighted by Crippen LogP contribution is -2.18. The molecule has 0 saturated heterocycles. The number of hydrogen-bond acceptors (Lipinski definition) is 0. The molecular formula is C38H78Cl2Si. The lowest BCUT2D eigenvalue weighted by Gasteiger charge is -2.16. The van der Waals surface area contributed by atoms with Crippen LogP contribution in [0.4, 0.5) is 0 Å². The molecule has 0 bridgehead atoms. The maximum absolute atomic E-state index is 6.78. The van der Waals surface area contributed by atoms with E-state index in [1.165, 1.54) is 218 Å². The fourth-order valence-electron chi connectivity index (χ4n) is 6.34. The standard InChI is InChI=1S/C38H78Cl2Si/c1-3-5-7-9-11-13-15-17-19-21-23-25-27-29-31-33-35-37-41(39,40)38-36-34-32-30-28-26-24-22-20-18-16-14-12-10-8-6-4-2/h3-38H2,1-2H3. The van der Waals surface area contributed by atoms with Crippen molar-refractivity contribution < 1.29 is 0 Å². The Hall–Kier alpha value is 0.797. The van der Waals surface area contributed by atoms with Crippen LogP contribution >= 0.6 is 22.2 Å². The lowest BCUT2D eigenvalue weighted by atomic mass is 10.0. The van der Waals surface area contributed by atoms with E-state index in [4.69, 9.17) is 22.2 Å². The third-order valence-electron chi connectivity index (χ3n) is 9.29. The summed E-state index contributed by atoms with van der Waals surface area (Å²) in [4.78, 5) is 0. The van der Waals surface area contributed by atoms with Gasteiger partial charge in [0.25, 0.3) is 6.69 Å². The van der Waals surface area contributed by atoms with Gasteiger partial charge in [0.05, 0.1) is 0 Å². The normalized spacial score (nSPS) is 12.0. The van der Waals surface area contributed by atoms with Gasteiger partial charge in [-0.2, -0.15) is 0 Å². The van der Waals surface area contributed by atoms with Crippen LogP contribution in [-0.2, 0) is 0 Å². The molecule has 0 atom stereocenters. The molecule has 0 aliphatic carbocycles. The van der Waals surface area contributed by atoms with E-state index in [1.54, 1.807) is 0 Å². The fraction of sp³-hybridized carbons (Fsp3) is 1.00. The van der Waals surface area contributed by atoms with E-state index in [9.17, 15) is 0 Å². The lowest BCUT2D eigenvalue weighted by molar-refractivity contribution is 0.528. The van der Waals surface area contributed by atoms with Crippen molar-refractivity contribution in [3.05, 3.63) is 0 Å². The number of halogens is 2. The fourth-order valence-corrected chi connectivity index (χ4v) is 9.73. The molecule has 0 saturated carbocycles. The molecule has 0 aromatic rings. The number of rotatable bonds is 36. The van der Waals surface area contributed by atoms with Gasteiger partial charge in [-0.3, -0.25) is 0 Å². The van der Waals surface area contributed by atoms with Gasteiger partial charge in [0.15, 0.2) is 0 Å². The number of unbranched alkanes of at least 4 members (excludes halogenated alkanes) is 32. The molecule has 0 aliphatic heterocycles. The highest BCUT2D eigenvalue weighted by molar-refractivity contribution is 7.45. The molecule has 0 N–H and O–H groups in total. The summed E-state index contributed by atoms with van der Waals surface area (Å²) in [6, 6.07) is 2.24. The second kappa shape index (κ2) is 35.3. The average Bonchev–Trinajstić information content (AvgIpc) is 2.96. The van der Waals surface area contributed by atoms with Gasteiger partial charge in [0, 0.05) is 0 Å². The summed E-state index contributed by atoms with van der Waals surface area (Å²) in [5.41, 5.74) is 0. The molecule has 0 unspecified atom stereocenters. The van der Waals surface area contributed by atoms with Gasteiger partial charge in [0.1, 0.15) is 0 Å². The molecule has 0 nitrogen and oxygen atoms in total. The van der Waals surface area contributed by atoms with Gasteiger partial charge in [-0.15, -0.1) is 22.2 Å². The second-order valence-electron chi connectivity index (χ2n) is 13.7. The van der Waals surface area contributed by atoms with Gasteiger partial charge >= 0.3 is 0 Å². The smallest absolute Gasteiger partial charge is 0.146 e. The summed E-state index contributed by atoms with van der Waals surface area (Å²) in [6.07, 6.45) is 48.5. The molecule has 41 heavy (non-hydrogen) atoms. The first-order chi connectivity index (χ1) is 20.1. The molecule has 3 heteroatoms. The van der Waals surface area contributed by atoms with Crippen LogP contribution < -0.4 is 0 Å². The Balaban J connectivity index is 3.26. The molecule has 0 aliphatic rings. The van der Waals surface area contributed by atoms with Crippen molar-refractivity contribution >= 4 is 28.9 Å². The summed E-state index contributed by atoms with van der Waals surface area (Å²) < 4.78 is 0.